The first-order chi connectivity index (χ1) is 13.7. The second kappa shape index (κ2) is 10.3. The molecule has 150 valence electrons. The fraction of sp³-hybridized carbons (Fsp3) is 0.458. The van der Waals surface area contributed by atoms with Gasteiger partial charge in [0.2, 0.25) is 5.91 Å². The topological polar surface area (TPSA) is 35.6 Å². The van der Waals surface area contributed by atoms with Gasteiger partial charge in [0.05, 0.1) is 6.42 Å². The molecule has 0 atom stereocenters. The van der Waals surface area contributed by atoms with E-state index in [1.807, 2.05) is 0 Å². The van der Waals surface area contributed by atoms with E-state index in [0.717, 1.165) is 38.2 Å². The lowest BCUT2D eigenvalue weighted by molar-refractivity contribution is -0.120. The summed E-state index contributed by atoms with van der Waals surface area (Å²) in [5.41, 5.74) is 4.86. The molecule has 1 fully saturated rings. The number of benzene rings is 2. The Kier molecular flexibility index (Phi) is 7.49. The second-order valence-corrected chi connectivity index (χ2v) is 7.79. The molecule has 3 rings (SSSR count). The average molecular weight is 380 g/mol. The molecule has 28 heavy (non-hydrogen) atoms. The van der Waals surface area contributed by atoms with Gasteiger partial charge >= 0.3 is 0 Å². The molecule has 1 heterocycles. The minimum absolute atomic E-state index is 0.0782. The van der Waals surface area contributed by atoms with E-state index in [4.69, 9.17) is 0 Å². The van der Waals surface area contributed by atoms with Crippen LogP contribution in [0.2, 0.25) is 0 Å². The molecule has 4 nitrogen and oxygen atoms in total. The number of para-hydroxylation sites is 1. The number of hydrogen-bond acceptors (Lipinski definition) is 3. The van der Waals surface area contributed by atoms with Gasteiger partial charge in [-0.15, -0.1) is 0 Å². The molecule has 1 aliphatic heterocycles. The summed E-state index contributed by atoms with van der Waals surface area (Å²) in [7, 11) is 2.17. The highest BCUT2D eigenvalue weighted by molar-refractivity contribution is 5.78. The van der Waals surface area contributed by atoms with Crippen molar-refractivity contribution >= 4 is 11.6 Å². The van der Waals surface area contributed by atoms with Gasteiger partial charge in [0, 0.05) is 38.4 Å². The zero-order chi connectivity index (χ0) is 19.8. The predicted molar refractivity (Wildman–Crippen MR) is 117 cm³/mol. The number of anilines is 1. The van der Waals surface area contributed by atoms with E-state index in [-0.39, 0.29) is 5.91 Å². The minimum Gasteiger partial charge on any atom is -0.369 e. The van der Waals surface area contributed by atoms with E-state index in [9.17, 15) is 4.79 Å². The maximum atomic E-state index is 12.4. The van der Waals surface area contributed by atoms with Gasteiger partial charge in [0.1, 0.15) is 0 Å². The van der Waals surface area contributed by atoms with E-state index in [1.165, 1.54) is 29.7 Å². The number of carbonyl (C=O) groups excluding carboxylic acids is 1. The Balaban J connectivity index is 1.53. The number of hydrogen-bond donors (Lipinski definition) is 1. The number of nitrogens with one attached hydrogen (secondary N) is 1. The van der Waals surface area contributed by atoms with Crippen molar-refractivity contribution in [3.05, 3.63) is 65.2 Å². The number of nitrogens with zero attached hydrogens (tertiary/aromatic N) is 2. The first-order valence-corrected chi connectivity index (χ1v) is 10.5. The van der Waals surface area contributed by atoms with Crippen molar-refractivity contribution in [1.29, 1.82) is 0 Å². The van der Waals surface area contributed by atoms with Crippen LogP contribution in [0.25, 0.3) is 0 Å². The van der Waals surface area contributed by atoms with Crippen LogP contribution in [0.1, 0.15) is 36.5 Å². The maximum absolute atomic E-state index is 12.4. The Hall–Kier alpha value is -2.33. The molecule has 1 N–H and O–H groups in total. The van der Waals surface area contributed by atoms with Crippen molar-refractivity contribution < 1.29 is 4.79 Å². The molecule has 4 heteroatoms. The van der Waals surface area contributed by atoms with Crippen molar-refractivity contribution in [2.75, 3.05) is 38.1 Å². The lowest BCUT2D eigenvalue weighted by Gasteiger charge is -2.35. The molecule has 1 amide bonds. The molecule has 0 saturated carbocycles. The number of unbranched alkanes of at least 4 members (excludes halogenated alkanes) is 1. The van der Waals surface area contributed by atoms with Crippen LogP contribution in [-0.4, -0.2) is 44.0 Å². The monoisotopic (exact) mass is 379 g/mol. The van der Waals surface area contributed by atoms with E-state index >= 15 is 0 Å². The van der Waals surface area contributed by atoms with Gasteiger partial charge in [0.15, 0.2) is 0 Å². The molecule has 2 aromatic rings. The highest BCUT2D eigenvalue weighted by Gasteiger charge is 2.16. The Morgan fingerprint density at radius 1 is 0.964 bits per heavy atom. The fourth-order valence-electron chi connectivity index (χ4n) is 3.66. The number of aryl methyl sites for hydroxylation is 1. The number of piperazine rings is 1. The summed E-state index contributed by atoms with van der Waals surface area (Å²) < 4.78 is 0. The van der Waals surface area contributed by atoms with Gasteiger partial charge in [0.25, 0.3) is 0 Å². The van der Waals surface area contributed by atoms with Crippen molar-refractivity contribution in [2.24, 2.45) is 0 Å². The number of amides is 1. The van der Waals surface area contributed by atoms with E-state index in [2.05, 4.69) is 77.6 Å². The first kappa shape index (κ1) is 20.4. The quantitative estimate of drug-likeness (QED) is 0.761. The van der Waals surface area contributed by atoms with Gasteiger partial charge in [-0.1, -0.05) is 55.8 Å². The molecule has 0 bridgehead atoms. The molecule has 0 aliphatic carbocycles. The van der Waals surface area contributed by atoms with Crippen LogP contribution in [0.5, 0.6) is 0 Å². The Morgan fingerprint density at radius 3 is 2.36 bits per heavy atom. The molecule has 0 aromatic heterocycles. The second-order valence-electron chi connectivity index (χ2n) is 7.79. The van der Waals surface area contributed by atoms with Gasteiger partial charge in [-0.05, 0) is 42.6 Å². The van der Waals surface area contributed by atoms with Gasteiger partial charge in [-0.3, -0.25) is 4.79 Å². The average Bonchev–Trinajstić information content (AvgIpc) is 2.73. The highest BCUT2D eigenvalue weighted by Crippen LogP contribution is 2.21. The largest absolute Gasteiger partial charge is 0.369 e. The molecule has 0 spiro atoms. The van der Waals surface area contributed by atoms with Crippen LogP contribution in [0.15, 0.2) is 48.5 Å². The smallest absolute Gasteiger partial charge is 0.224 e. The van der Waals surface area contributed by atoms with Crippen LogP contribution in [0, 0.1) is 0 Å². The Morgan fingerprint density at radius 2 is 1.64 bits per heavy atom. The molecule has 1 saturated heterocycles. The van der Waals surface area contributed by atoms with Crippen LogP contribution in [-0.2, 0) is 24.2 Å². The van der Waals surface area contributed by atoms with Crippen molar-refractivity contribution in [3.8, 4) is 0 Å². The Labute approximate surface area is 169 Å². The third kappa shape index (κ3) is 5.83. The van der Waals surface area contributed by atoms with Crippen LogP contribution in [0.3, 0.4) is 0 Å². The van der Waals surface area contributed by atoms with Gasteiger partial charge in [-0.25, -0.2) is 0 Å². The lowest BCUT2D eigenvalue weighted by Crippen LogP contribution is -2.45. The maximum Gasteiger partial charge on any atom is 0.224 e. The number of rotatable bonds is 8. The lowest BCUT2D eigenvalue weighted by atomic mass is 10.0. The number of carbonyl (C=O) groups is 1. The molecule has 0 unspecified atom stereocenters. The third-order valence-electron chi connectivity index (χ3n) is 5.52. The summed E-state index contributed by atoms with van der Waals surface area (Å²) >= 11 is 0. The Bertz CT molecular complexity index is 749. The fourth-order valence-corrected chi connectivity index (χ4v) is 3.66. The van der Waals surface area contributed by atoms with Crippen LogP contribution < -0.4 is 10.2 Å². The summed E-state index contributed by atoms with van der Waals surface area (Å²) in [6, 6.07) is 16.9. The molecule has 1 aliphatic rings. The normalized spacial score (nSPS) is 14.9. The van der Waals surface area contributed by atoms with Crippen molar-refractivity contribution in [1.82, 2.24) is 10.2 Å². The SMILES string of the molecule is CCCCc1ccc(CC(=O)NCc2ccccc2N2CCN(C)CC2)cc1. The molecule has 0 radical (unpaired) electrons. The molecular weight excluding hydrogens is 346 g/mol. The zero-order valence-electron chi connectivity index (χ0n) is 17.3. The minimum atomic E-state index is 0.0782. The predicted octanol–water partition coefficient (Wildman–Crippen LogP) is 3.64. The van der Waals surface area contributed by atoms with Gasteiger partial charge < -0.3 is 15.1 Å². The third-order valence-corrected chi connectivity index (χ3v) is 5.52. The summed E-state index contributed by atoms with van der Waals surface area (Å²) in [5.74, 6) is 0.0782. The van der Waals surface area contributed by atoms with E-state index in [1.54, 1.807) is 0 Å². The first-order valence-electron chi connectivity index (χ1n) is 10.5. The summed E-state index contributed by atoms with van der Waals surface area (Å²) in [6.45, 7) is 7.01. The van der Waals surface area contributed by atoms with Crippen molar-refractivity contribution in [2.45, 2.75) is 39.2 Å². The molecule has 2 aromatic carbocycles. The van der Waals surface area contributed by atoms with E-state index < -0.39 is 0 Å². The zero-order valence-corrected chi connectivity index (χ0v) is 17.3. The number of likely N-dealkylation sites (N-methyl/N-ethyl adjacent to an activating group) is 1. The molecular formula is C24H33N3O. The summed E-state index contributed by atoms with van der Waals surface area (Å²) in [4.78, 5) is 17.2. The van der Waals surface area contributed by atoms with Crippen LogP contribution >= 0.6 is 0 Å². The summed E-state index contributed by atoms with van der Waals surface area (Å²) in [5, 5.41) is 3.11. The van der Waals surface area contributed by atoms with Crippen LogP contribution in [0.4, 0.5) is 5.69 Å². The van der Waals surface area contributed by atoms with Crippen molar-refractivity contribution in [3.63, 3.8) is 0 Å². The highest BCUT2D eigenvalue weighted by atomic mass is 16.1. The summed E-state index contributed by atoms with van der Waals surface area (Å²) in [6.07, 6.45) is 3.98. The standard InChI is InChI=1S/C24H33N3O/c1-3-4-7-20-10-12-21(13-11-20)18-24(28)25-19-22-8-5-6-9-23(22)27-16-14-26(2)15-17-27/h5-6,8-13H,3-4,7,14-19H2,1-2H3,(H,25,28). The van der Waals surface area contributed by atoms with E-state index in [0.29, 0.717) is 13.0 Å². The van der Waals surface area contributed by atoms with Gasteiger partial charge in [-0.2, -0.15) is 0 Å².